The van der Waals surface area contributed by atoms with Gasteiger partial charge >= 0.3 is 6.09 Å². The van der Waals surface area contributed by atoms with E-state index in [1.54, 1.807) is 6.20 Å². The first-order valence-corrected chi connectivity index (χ1v) is 11.6. The molecule has 1 saturated carbocycles. The molecule has 4 heterocycles. The minimum atomic E-state index is -0.156. The van der Waals surface area contributed by atoms with Crippen LogP contribution in [0.4, 0.5) is 4.79 Å². The molecule has 2 aromatic rings. The molecule has 0 spiro atoms. The number of carbonyl (C=O) groups excluding carboxylic acids is 1. The first-order valence-electron chi connectivity index (χ1n) is 11.6. The van der Waals surface area contributed by atoms with Crippen molar-refractivity contribution in [3.63, 3.8) is 0 Å². The predicted molar refractivity (Wildman–Crippen MR) is 117 cm³/mol. The van der Waals surface area contributed by atoms with Crippen LogP contribution in [0.15, 0.2) is 24.7 Å². The molecule has 1 aliphatic carbocycles. The van der Waals surface area contributed by atoms with Crippen molar-refractivity contribution in [1.82, 2.24) is 19.9 Å². The third-order valence-electron chi connectivity index (χ3n) is 6.91. The third-order valence-corrected chi connectivity index (χ3v) is 6.91. The van der Waals surface area contributed by atoms with Gasteiger partial charge in [0.05, 0.1) is 11.3 Å². The molecular weight excluding hydrogens is 408 g/mol. The molecule has 0 N–H and O–H groups in total. The topological polar surface area (TPSA) is 86.7 Å². The highest BCUT2D eigenvalue weighted by atomic mass is 16.6. The van der Waals surface area contributed by atoms with Crippen molar-refractivity contribution in [2.24, 2.45) is 5.92 Å². The Morgan fingerprint density at radius 1 is 1.06 bits per heavy atom. The van der Waals surface area contributed by atoms with Crippen LogP contribution in [-0.2, 0) is 4.74 Å². The van der Waals surface area contributed by atoms with Crippen LogP contribution >= 0.6 is 0 Å². The maximum absolute atomic E-state index is 12.8. The number of rotatable bonds is 6. The second-order valence-corrected chi connectivity index (χ2v) is 9.23. The van der Waals surface area contributed by atoms with E-state index in [-0.39, 0.29) is 30.4 Å². The summed E-state index contributed by atoms with van der Waals surface area (Å²) in [7, 11) is 0. The second kappa shape index (κ2) is 8.56. The molecule has 3 aliphatic rings. The normalized spacial score (nSPS) is 25.3. The number of aromatic nitrogens is 3. The van der Waals surface area contributed by atoms with Crippen molar-refractivity contribution in [2.75, 3.05) is 0 Å². The van der Waals surface area contributed by atoms with Gasteiger partial charge in [-0.05, 0) is 64.5 Å². The molecule has 2 saturated heterocycles. The van der Waals surface area contributed by atoms with Gasteiger partial charge in [-0.3, -0.25) is 4.98 Å². The Morgan fingerprint density at radius 2 is 1.78 bits per heavy atom. The lowest BCUT2D eigenvalue weighted by Gasteiger charge is -2.38. The van der Waals surface area contributed by atoms with Gasteiger partial charge in [-0.15, -0.1) is 0 Å². The highest BCUT2D eigenvalue weighted by Gasteiger charge is 2.46. The molecule has 2 aromatic heterocycles. The van der Waals surface area contributed by atoms with Crippen LogP contribution in [0.3, 0.4) is 0 Å². The van der Waals surface area contributed by atoms with Gasteiger partial charge in [-0.25, -0.2) is 14.8 Å². The number of hydrogen-bond donors (Lipinski definition) is 0. The SMILES string of the molecule is Cc1ncccc1Oc1ncnc(OC2C[C@H]3CC[C@@H](C2)N3C(=O)OC(C)C2CC2)c1C. The molecule has 32 heavy (non-hydrogen) atoms. The summed E-state index contributed by atoms with van der Waals surface area (Å²) in [6.07, 6.45) is 8.94. The number of piperidine rings is 1. The monoisotopic (exact) mass is 438 g/mol. The van der Waals surface area contributed by atoms with Gasteiger partial charge in [0.2, 0.25) is 11.8 Å². The fourth-order valence-corrected chi connectivity index (χ4v) is 4.88. The molecule has 5 rings (SSSR count). The van der Waals surface area contributed by atoms with Crippen LogP contribution in [0.25, 0.3) is 0 Å². The molecule has 8 nitrogen and oxygen atoms in total. The van der Waals surface area contributed by atoms with Crippen molar-refractivity contribution >= 4 is 6.09 Å². The number of carbonyl (C=O) groups is 1. The lowest BCUT2D eigenvalue weighted by molar-refractivity contribution is 0.0132. The highest BCUT2D eigenvalue weighted by molar-refractivity contribution is 5.69. The minimum Gasteiger partial charge on any atom is -0.474 e. The molecule has 2 bridgehead atoms. The number of fused-ring (bicyclic) bond motifs is 2. The molecule has 3 fully saturated rings. The molecular formula is C24H30N4O4. The standard InChI is InChI=1S/C24H30N4O4/c1-14-22(26-13-27-23(14)32-21-5-4-10-25-15(21)2)31-20-11-18-8-9-19(12-20)28(18)24(29)30-16(3)17-6-7-17/h4-5,10,13,16-20H,6-9,11-12H2,1-3H3/t16?,18-,19+,20?. The molecule has 8 heteroatoms. The summed E-state index contributed by atoms with van der Waals surface area (Å²) in [5.41, 5.74) is 1.54. The zero-order valence-electron chi connectivity index (χ0n) is 18.9. The van der Waals surface area contributed by atoms with Gasteiger partial charge in [0.1, 0.15) is 18.5 Å². The Balaban J connectivity index is 1.24. The number of ether oxygens (including phenoxy) is 3. The molecule has 2 aliphatic heterocycles. The van der Waals surface area contributed by atoms with Crippen LogP contribution in [0.5, 0.6) is 17.5 Å². The van der Waals surface area contributed by atoms with Crippen molar-refractivity contribution in [1.29, 1.82) is 0 Å². The molecule has 1 amide bonds. The van der Waals surface area contributed by atoms with Gasteiger partial charge in [0.25, 0.3) is 0 Å². The smallest absolute Gasteiger partial charge is 0.410 e. The number of pyridine rings is 1. The quantitative estimate of drug-likeness (QED) is 0.652. The van der Waals surface area contributed by atoms with E-state index in [4.69, 9.17) is 14.2 Å². The second-order valence-electron chi connectivity index (χ2n) is 9.23. The summed E-state index contributed by atoms with van der Waals surface area (Å²) in [6.45, 7) is 5.80. The lowest BCUT2D eigenvalue weighted by Crippen LogP contribution is -2.50. The van der Waals surface area contributed by atoms with E-state index in [0.29, 0.717) is 23.4 Å². The van der Waals surface area contributed by atoms with E-state index in [0.717, 1.165) is 36.9 Å². The van der Waals surface area contributed by atoms with Crippen LogP contribution < -0.4 is 9.47 Å². The van der Waals surface area contributed by atoms with Gasteiger partial charge in [-0.1, -0.05) is 0 Å². The Labute approximate surface area is 188 Å². The van der Waals surface area contributed by atoms with Crippen LogP contribution in [0, 0.1) is 19.8 Å². The number of aryl methyl sites for hydroxylation is 1. The Morgan fingerprint density at radius 3 is 2.47 bits per heavy atom. The molecule has 0 radical (unpaired) electrons. The van der Waals surface area contributed by atoms with Crippen LogP contribution in [0.2, 0.25) is 0 Å². The summed E-state index contributed by atoms with van der Waals surface area (Å²) in [6, 6.07) is 4.01. The Bertz CT molecular complexity index is 982. The van der Waals surface area contributed by atoms with Gasteiger partial charge in [-0.2, -0.15) is 0 Å². The maximum Gasteiger partial charge on any atom is 0.410 e. The number of nitrogens with zero attached hydrogens (tertiary/aromatic N) is 4. The third kappa shape index (κ3) is 4.23. The number of amides is 1. The van der Waals surface area contributed by atoms with Gasteiger partial charge in [0.15, 0.2) is 5.75 Å². The van der Waals surface area contributed by atoms with E-state index in [1.165, 1.54) is 19.2 Å². The van der Waals surface area contributed by atoms with Crippen molar-refractivity contribution in [3.8, 4) is 17.5 Å². The average molecular weight is 439 g/mol. The first kappa shape index (κ1) is 21.0. The molecule has 170 valence electrons. The highest BCUT2D eigenvalue weighted by Crippen LogP contribution is 2.40. The van der Waals surface area contributed by atoms with E-state index in [9.17, 15) is 4.79 Å². The number of hydrogen-bond acceptors (Lipinski definition) is 7. The Hall–Kier alpha value is -2.90. The molecule has 0 aromatic carbocycles. The van der Waals surface area contributed by atoms with Gasteiger partial charge in [0, 0.05) is 31.1 Å². The molecule has 2 unspecified atom stereocenters. The van der Waals surface area contributed by atoms with Gasteiger partial charge < -0.3 is 19.1 Å². The zero-order chi connectivity index (χ0) is 22.2. The van der Waals surface area contributed by atoms with Crippen molar-refractivity contribution in [2.45, 2.75) is 83.6 Å². The molecule has 4 atom stereocenters. The maximum atomic E-state index is 12.8. The summed E-state index contributed by atoms with van der Waals surface area (Å²) in [5, 5.41) is 0. The zero-order valence-corrected chi connectivity index (χ0v) is 18.9. The van der Waals surface area contributed by atoms with E-state index >= 15 is 0 Å². The van der Waals surface area contributed by atoms with Crippen LogP contribution in [0.1, 0.15) is 56.7 Å². The summed E-state index contributed by atoms with van der Waals surface area (Å²) < 4.78 is 18.0. The van der Waals surface area contributed by atoms with E-state index in [2.05, 4.69) is 15.0 Å². The first-order chi connectivity index (χ1) is 15.5. The predicted octanol–water partition coefficient (Wildman–Crippen LogP) is 4.59. The summed E-state index contributed by atoms with van der Waals surface area (Å²) in [5.74, 6) is 2.19. The summed E-state index contributed by atoms with van der Waals surface area (Å²) in [4.78, 5) is 27.6. The minimum absolute atomic E-state index is 0.000941. The fourth-order valence-electron chi connectivity index (χ4n) is 4.88. The van der Waals surface area contributed by atoms with Crippen LogP contribution in [-0.4, -0.2) is 50.2 Å². The van der Waals surface area contributed by atoms with E-state index < -0.39 is 0 Å². The van der Waals surface area contributed by atoms with Crippen molar-refractivity contribution < 1.29 is 19.0 Å². The van der Waals surface area contributed by atoms with E-state index in [1.807, 2.05) is 37.8 Å². The summed E-state index contributed by atoms with van der Waals surface area (Å²) >= 11 is 0. The lowest BCUT2D eigenvalue weighted by atomic mass is 10.0. The largest absolute Gasteiger partial charge is 0.474 e. The Kier molecular flexibility index (Phi) is 5.61. The average Bonchev–Trinajstić information content (AvgIpc) is 3.58. The fraction of sp³-hybridized carbons (Fsp3) is 0.583. The van der Waals surface area contributed by atoms with Crippen molar-refractivity contribution in [3.05, 3.63) is 35.9 Å².